The fourth-order valence-electron chi connectivity index (χ4n) is 15.2. The third kappa shape index (κ3) is 48.0. The van der Waals surface area contributed by atoms with E-state index in [1.54, 1.807) is 182 Å². The van der Waals surface area contributed by atoms with Gasteiger partial charge in [0.2, 0.25) is 100 Å². The van der Waals surface area contributed by atoms with Crippen molar-refractivity contribution in [1.82, 2.24) is 52.9 Å². The second-order valence-corrected chi connectivity index (χ2v) is 63.7. The molecule has 10 fully saturated rings. The molecule has 4 unspecified atom stereocenters. The van der Waals surface area contributed by atoms with Crippen LogP contribution in [-0.2, 0) is 100 Å². The van der Waals surface area contributed by atoms with Crippen molar-refractivity contribution in [3.05, 3.63) is 0 Å². The highest BCUT2D eigenvalue weighted by Gasteiger charge is 2.41. The van der Waals surface area contributed by atoms with E-state index in [2.05, 4.69) is 65.2 Å². The quantitative estimate of drug-likeness (QED) is 0.0819. The second-order valence-electron chi connectivity index (χ2n) is 38.9. The molecule has 32 nitrogen and oxygen atoms in total. The van der Waals surface area contributed by atoms with Gasteiger partial charge >= 0.3 is 0 Å². The third-order valence-corrected chi connectivity index (χ3v) is 48.4. The fraction of sp³-hybridized carbons (Fsp3) is 1.00. The van der Waals surface area contributed by atoms with E-state index < -0.39 is 100 Å². The normalized spacial score (nSPS) is 21.9. The first-order chi connectivity index (χ1) is 58.1. The SMILES string of the molecule is C.C.C.C.C.C.C.C.C.C.CC(C)S(=O)(=O)N1CCN(C)CC1.CC1CCCN1S(=O)(=O)C(C)C.CC1CCN(S(=O)(=O)C(C)C)C1.CC1CCN(S(=O)(=O)C(C)C)CC1.CC1CN(S(=O)(=O)C(C)C)C1.CCC1CCCN1S(=O)(=O)C(C)C.CCC1CCN(S(=O)(=O)C(C)C)C1.CCC1CCN(S(=O)(=O)C(C)C)CC1.CCC1CN(S(=O)(=O)C(C)C)C1.CCN1CCN(S(=O)(=O)C(C)C)CC1. The molecular formula is C95H222N12O20S10. The van der Waals surface area contributed by atoms with E-state index in [0.29, 0.717) is 102 Å². The minimum atomic E-state index is -3.02. The lowest BCUT2D eigenvalue weighted by molar-refractivity contribution is 0.194. The molecule has 0 aromatic carbocycles. The van der Waals surface area contributed by atoms with Crippen LogP contribution in [0.5, 0.6) is 0 Å². The fourth-order valence-corrected chi connectivity index (χ4v) is 29.3. The summed E-state index contributed by atoms with van der Waals surface area (Å²) < 4.78 is 250. The number of nitrogens with zero attached hydrogens (tertiary/aromatic N) is 12. The molecule has 137 heavy (non-hydrogen) atoms. The Bertz CT molecular complexity index is 4190. The van der Waals surface area contributed by atoms with E-state index in [1.165, 1.54) is 6.42 Å². The number of piperidine rings is 2. The summed E-state index contributed by atoms with van der Waals surface area (Å²) in [5.41, 5.74) is 0. The molecule has 10 saturated heterocycles. The number of hydrogen-bond acceptors (Lipinski definition) is 22. The van der Waals surface area contributed by atoms with Crippen LogP contribution in [0.25, 0.3) is 0 Å². The van der Waals surface area contributed by atoms with Crippen LogP contribution in [0.3, 0.4) is 0 Å². The largest absolute Gasteiger partial charge is 0.304 e. The predicted molar refractivity (Wildman–Crippen MR) is 592 cm³/mol. The summed E-state index contributed by atoms with van der Waals surface area (Å²) in [6.07, 6.45) is 14.5. The second kappa shape index (κ2) is 70.1. The Morgan fingerprint density at radius 2 is 0.460 bits per heavy atom. The van der Waals surface area contributed by atoms with Crippen molar-refractivity contribution in [3.63, 3.8) is 0 Å². The Morgan fingerprint density at radius 1 is 0.219 bits per heavy atom. The zero-order valence-corrected chi connectivity index (χ0v) is 92.3. The zero-order chi connectivity index (χ0) is 98.5. The van der Waals surface area contributed by atoms with Crippen molar-refractivity contribution >= 4 is 100 Å². The maximum atomic E-state index is 11.8. The molecule has 10 aliphatic rings. The molecule has 42 heteroatoms. The Hall–Kier alpha value is -0.980. The van der Waals surface area contributed by atoms with E-state index in [9.17, 15) is 84.2 Å². The van der Waals surface area contributed by atoms with Crippen LogP contribution >= 0.6 is 0 Å². The van der Waals surface area contributed by atoms with Gasteiger partial charge in [0.1, 0.15) is 0 Å². The summed E-state index contributed by atoms with van der Waals surface area (Å²) in [5.74, 6) is 3.65. The summed E-state index contributed by atoms with van der Waals surface area (Å²) >= 11 is 0. The molecule has 0 aromatic heterocycles. The van der Waals surface area contributed by atoms with Crippen LogP contribution in [0.15, 0.2) is 0 Å². The summed E-state index contributed by atoms with van der Waals surface area (Å²) in [6, 6.07) is 0.463. The van der Waals surface area contributed by atoms with Crippen molar-refractivity contribution in [3.8, 4) is 0 Å². The molecule has 0 N–H and O–H groups in total. The number of sulfonamides is 10. The lowest BCUT2D eigenvalue weighted by Crippen LogP contribution is -2.51. The highest BCUT2D eigenvalue weighted by atomic mass is 32.2. The molecular weight excluding hydrogens is 1950 g/mol. The van der Waals surface area contributed by atoms with Crippen LogP contribution in [0.1, 0.15) is 365 Å². The van der Waals surface area contributed by atoms with Crippen LogP contribution < -0.4 is 0 Å². The topological polar surface area (TPSA) is 380 Å². The van der Waals surface area contributed by atoms with Crippen molar-refractivity contribution in [2.24, 2.45) is 35.5 Å². The standard InChI is InChI=1S/C10H21NO2S.C9H20N2O2S.3C9H19NO2S.C8H18N2O2S.3C8H17NO2S.C7H15NO2S.10CH4/c2*1-4-10-5-7-11(8-6-10)14(12,13)9(2)3;1-8(2)13(11,12)10-6-4-9(3)5-7-10;1-4-9-5-6-10(7-9)13(11,12)8(2)3;1-4-9-6-5-7-10(9)13(11,12)8(2)3;1-8(2)13(11,12)10-6-4-9(3)5-7-10;1-7(2)12(10,11)9-5-4-8(3)6-9;1-7(2)12(10,11)9-6-4-5-8(9)3;1-4-8-5-9(6-8)12(10,11)7(2)3;1-6(2)11(9,10)8-4-7(3)5-8;;;;;;;;;;/h9-10H,4-8H2,1-3H3;9H,4-8H2,1-3H3;3*8-9H,4-7H2,1-3H3;8H,4-7H2,1-3H3;3*7-8H,4-6H2,1-3H3;6-7H,4-5H2,1-3H3;10*1H4. The molecule has 842 valence electrons. The number of rotatable bonds is 25. The van der Waals surface area contributed by atoms with Gasteiger partial charge in [0.25, 0.3) is 0 Å². The van der Waals surface area contributed by atoms with Gasteiger partial charge in [0.05, 0.1) is 52.5 Å². The van der Waals surface area contributed by atoms with Gasteiger partial charge in [-0.1, -0.05) is 149 Å². The predicted octanol–water partition coefficient (Wildman–Crippen LogP) is 17.1. The van der Waals surface area contributed by atoms with Gasteiger partial charge in [0, 0.05) is 156 Å². The number of hydrogen-bond donors (Lipinski definition) is 0. The van der Waals surface area contributed by atoms with Crippen LogP contribution in [0.2, 0.25) is 0 Å². The number of likely N-dealkylation sites (N-methyl/N-ethyl adjacent to an activating group) is 2. The summed E-state index contributed by atoms with van der Waals surface area (Å²) in [6.45, 7) is 70.7. The third-order valence-electron chi connectivity index (χ3n) is 25.7. The molecule has 0 bridgehead atoms. The molecule has 10 rings (SSSR count). The van der Waals surface area contributed by atoms with E-state index >= 15 is 0 Å². The molecule has 0 aliphatic carbocycles. The minimum Gasteiger partial charge on any atom is -0.304 e. The molecule has 10 heterocycles. The molecule has 0 aromatic rings. The first kappa shape index (κ1) is 156. The molecule has 0 radical (unpaired) electrons. The maximum Gasteiger partial charge on any atom is 0.216 e. The van der Waals surface area contributed by atoms with E-state index in [0.717, 1.165) is 168 Å². The van der Waals surface area contributed by atoms with E-state index in [-0.39, 0.29) is 139 Å². The highest BCUT2D eigenvalue weighted by molar-refractivity contribution is 7.92. The lowest BCUT2D eigenvalue weighted by atomic mass is 9.96. The molecule has 0 saturated carbocycles. The number of piperazine rings is 2. The monoisotopic (exact) mass is 2170 g/mol. The van der Waals surface area contributed by atoms with E-state index in [1.807, 2.05) is 14.0 Å². The van der Waals surface area contributed by atoms with Crippen LogP contribution in [0, 0.1) is 35.5 Å². The van der Waals surface area contributed by atoms with Gasteiger partial charge < -0.3 is 9.80 Å². The van der Waals surface area contributed by atoms with Crippen molar-refractivity contribution in [2.45, 2.75) is 430 Å². The average molecular weight is 2170 g/mol. The summed E-state index contributed by atoms with van der Waals surface area (Å²) in [7, 11) is -27.9. The Morgan fingerprint density at radius 3 is 0.745 bits per heavy atom. The lowest BCUT2D eigenvalue weighted by Gasteiger charge is -2.38. The molecule has 10 aliphatic heterocycles. The van der Waals surface area contributed by atoms with Gasteiger partial charge in [-0.2, -0.15) is 17.2 Å². The minimum absolute atomic E-state index is 0. The molecule has 0 amide bonds. The maximum absolute atomic E-state index is 11.8. The molecule has 0 spiro atoms. The smallest absolute Gasteiger partial charge is 0.216 e. The van der Waals surface area contributed by atoms with Gasteiger partial charge in [-0.05, 0) is 265 Å². The first-order valence-electron chi connectivity index (χ1n) is 47.5. The molecule has 4 atom stereocenters. The van der Waals surface area contributed by atoms with Crippen LogP contribution in [0.4, 0.5) is 0 Å². The highest BCUT2D eigenvalue weighted by Crippen LogP contribution is 2.31. The Balaban J connectivity index is -0.000000162. The average Bonchev–Trinajstić information content (AvgIpc) is 1.74. The summed E-state index contributed by atoms with van der Waals surface area (Å²) in [5, 5.41) is -2.79. The van der Waals surface area contributed by atoms with Crippen molar-refractivity contribution < 1.29 is 84.2 Å². The summed E-state index contributed by atoms with van der Waals surface area (Å²) in [4.78, 5) is 4.42. The Labute approximate surface area is 853 Å². The van der Waals surface area contributed by atoms with Gasteiger partial charge in [-0.25, -0.2) is 110 Å². The van der Waals surface area contributed by atoms with Gasteiger partial charge in [0.15, 0.2) is 0 Å². The van der Waals surface area contributed by atoms with Crippen molar-refractivity contribution in [1.29, 1.82) is 0 Å². The first-order valence-corrected chi connectivity index (χ1v) is 62.5. The van der Waals surface area contributed by atoms with E-state index in [4.69, 9.17) is 0 Å². The Kier molecular flexibility index (Phi) is 79.9. The van der Waals surface area contributed by atoms with Gasteiger partial charge in [-0.3, -0.25) is 0 Å². The van der Waals surface area contributed by atoms with Crippen LogP contribution in [-0.4, -0.2) is 359 Å². The van der Waals surface area contributed by atoms with Crippen molar-refractivity contribution in [2.75, 3.05) is 158 Å². The van der Waals surface area contributed by atoms with Gasteiger partial charge in [-0.15, -0.1) is 0 Å². The zero-order valence-electron chi connectivity index (χ0n) is 84.2.